The second-order valence-electron chi connectivity index (χ2n) is 6.85. The Morgan fingerprint density at radius 3 is 2.42 bits per heavy atom. The maximum absolute atomic E-state index is 12.4. The minimum Gasteiger partial charge on any atom is -0.497 e. The molecule has 1 aromatic rings. The molecule has 0 N–H and O–H groups in total. The van der Waals surface area contributed by atoms with Crippen LogP contribution in [0.15, 0.2) is 24.3 Å². The standard InChI is InChI=1S/C19H29N3O2/c1-24-18-7-5-6-17(14-18)15-20-10-12-21(13-11-20)16-19(23)22-8-3-2-4-9-22/h5-7,14H,2-4,8-13,15-16H2,1H3. The Balaban J connectivity index is 1.42. The van der Waals surface area contributed by atoms with Crippen LogP contribution in [0, 0.1) is 0 Å². The number of amides is 1. The zero-order valence-electron chi connectivity index (χ0n) is 14.7. The van der Waals surface area contributed by atoms with Crippen molar-refractivity contribution in [2.24, 2.45) is 0 Å². The number of piperazine rings is 1. The van der Waals surface area contributed by atoms with Crippen LogP contribution in [-0.4, -0.2) is 73.5 Å². The van der Waals surface area contributed by atoms with Gasteiger partial charge in [0.15, 0.2) is 0 Å². The van der Waals surface area contributed by atoms with E-state index >= 15 is 0 Å². The molecule has 0 radical (unpaired) electrons. The molecule has 0 aromatic heterocycles. The summed E-state index contributed by atoms with van der Waals surface area (Å²) in [4.78, 5) is 19.2. The van der Waals surface area contributed by atoms with Gasteiger partial charge in [0.1, 0.15) is 5.75 Å². The molecule has 0 saturated carbocycles. The van der Waals surface area contributed by atoms with Crippen molar-refractivity contribution in [1.82, 2.24) is 14.7 Å². The number of methoxy groups -OCH3 is 1. The van der Waals surface area contributed by atoms with Crippen LogP contribution in [-0.2, 0) is 11.3 Å². The highest BCUT2D eigenvalue weighted by molar-refractivity contribution is 5.78. The predicted molar refractivity (Wildman–Crippen MR) is 95.1 cm³/mol. The lowest BCUT2D eigenvalue weighted by Gasteiger charge is -2.36. The Morgan fingerprint density at radius 2 is 1.71 bits per heavy atom. The van der Waals surface area contributed by atoms with E-state index in [2.05, 4.69) is 21.9 Å². The third kappa shape index (κ3) is 4.71. The van der Waals surface area contributed by atoms with Crippen LogP contribution in [0.1, 0.15) is 24.8 Å². The van der Waals surface area contributed by atoms with E-state index in [1.165, 1.54) is 24.8 Å². The quantitative estimate of drug-likeness (QED) is 0.825. The number of carbonyl (C=O) groups excluding carboxylic acids is 1. The Hall–Kier alpha value is -1.59. The van der Waals surface area contributed by atoms with Crippen LogP contribution < -0.4 is 4.74 Å². The fourth-order valence-electron chi connectivity index (χ4n) is 3.57. The number of carbonyl (C=O) groups is 1. The molecule has 0 spiro atoms. The third-order valence-corrected chi connectivity index (χ3v) is 5.07. The van der Waals surface area contributed by atoms with Crippen molar-refractivity contribution in [2.75, 3.05) is 52.9 Å². The minimum absolute atomic E-state index is 0.316. The maximum atomic E-state index is 12.4. The first-order valence-electron chi connectivity index (χ1n) is 9.10. The molecule has 24 heavy (non-hydrogen) atoms. The lowest BCUT2D eigenvalue weighted by molar-refractivity contribution is -0.133. The second-order valence-corrected chi connectivity index (χ2v) is 6.85. The molecule has 2 fully saturated rings. The van der Waals surface area contributed by atoms with Crippen LogP contribution in [0.4, 0.5) is 0 Å². The first-order chi connectivity index (χ1) is 11.7. The normalized spacial score (nSPS) is 20.1. The Bertz CT molecular complexity index is 535. The molecular weight excluding hydrogens is 302 g/mol. The van der Waals surface area contributed by atoms with Gasteiger partial charge in [0.25, 0.3) is 0 Å². The summed E-state index contributed by atoms with van der Waals surface area (Å²) in [5.74, 6) is 1.23. The van der Waals surface area contributed by atoms with E-state index in [-0.39, 0.29) is 0 Å². The van der Waals surface area contributed by atoms with Crippen molar-refractivity contribution in [3.8, 4) is 5.75 Å². The van der Waals surface area contributed by atoms with E-state index in [9.17, 15) is 4.79 Å². The van der Waals surface area contributed by atoms with E-state index in [4.69, 9.17) is 4.74 Å². The van der Waals surface area contributed by atoms with Crippen molar-refractivity contribution in [1.29, 1.82) is 0 Å². The monoisotopic (exact) mass is 331 g/mol. The van der Waals surface area contributed by atoms with Gasteiger partial charge in [-0.1, -0.05) is 12.1 Å². The number of nitrogens with zero attached hydrogens (tertiary/aromatic N) is 3. The lowest BCUT2D eigenvalue weighted by atomic mass is 10.1. The van der Waals surface area contributed by atoms with Gasteiger partial charge in [-0.3, -0.25) is 14.6 Å². The molecule has 132 valence electrons. The molecule has 1 aromatic carbocycles. The van der Waals surface area contributed by atoms with Gasteiger partial charge in [-0.05, 0) is 37.0 Å². The van der Waals surface area contributed by atoms with Gasteiger partial charge in [-0.25, -0.2) is 0 Å². The number of rotatable bonds is 5. The molecular formula is C19H29N3O2. The molecule has 0 unspecified atom stereocenters. The van der Waals surface area contributed by atoms with Crippen LogP contribution in [0.3, 0.4) is 0 Å². The highest BCUT2D eigenvalue weighted by Gasteiger charge is 2.22. The summed E-state index contributed by atoms with van der Waals surface area (Å²) in [6, 6.07) is 8.27. The first kappa shape index (κ1) is 17.2. The molecule has 3 rings (SSSR count). The number of ether oxygens (including phenoxy) is 1. The van der Waals surface area contributed by atoms with E-state index in [0.29, 0.717) is 12.5 Å². The SMILES string of the molecule is COc1cccc(CN2CCN(CC(=O)N3CCCCC3)CC2)c1. The Labute approximate surface area is 145 Å². The molecule has 2 aliphatic heterocycles. The smallest absolute Gasteiger partial charge is 0.236 e. The molecule has 0 bridgehead atoms. The Kier molecular flexibility index (Phi) is 6.10. The van der Waals surface area contributed by atoms with Crippen molar-refractivity contribution in [2.45, 2.75) is 25.8 Å². The van der Waals surface area contributed by atoms with Crippen molar-refractivity contribution >= 4 is 5.91 Å². The summed E-state index contributed by atoms with van der Waals surface area (Å²) in [6.45, 7) is 7.43. The minimum atomic E-state index is 0.316. The predicted octanol–water partition coefficient (Wildman–Crippen LogP) is 1.83. The summed E-state index contributed by atoms with van der Waals surface area (Å²) >= 11 is 0. The summed E-state index contributed by atoms with van der Waals surface area (Å²) < 4.78 is 5.29. The molecule has 5 nitrogen and oxygen atoms in total. The third-order valence-electron chi connectivity index (χ3n) is 5.07. The summed E-state index contributed by atoms with van der Waals surface area (Å²) in [5.41, 5.74) is 1.28. The number of piperidine rings is 1. The van der Waals surface area contributed by atoms with Crippen LogP contribution >= 0.6 is 0 Å². The molecule has 5 heteroatoms. The molecule has 2 heterocycles. The largest absolute Gasteiger partial charge is 0.497 e. The second kappa shape index (κ2) is 8.49. The van der Waals surface area contributed by atoms with Crippen LogP contribution in [0.2, 0.25) is 0 Å². The Morgan fingerprint density at radius 1 is 1.00 bits per heavy atom. The zero-order chi connectivity index (χ0) is 16.8. The molecule has 2 saturated heterocycles. The van der Waals surface area contributed by atoms with Gasteiger partial charge in [-0.2, -0.15) is 0 Å². The molecule has 0 atom stereocenters. The van der Waals surface area contributed by atoms with Crippen molar-refractivity contribution < 1.29 is 9.53 Å². The highest BCUT2D eigenvalue weighted by Crippen LogP contribution is 2.15. The van der Waals surface area contributed by atoms with Gasteiger partial charge in [0, 0.05) is 45.8 Å². The summed E-state index contributed by atoms with van der Waals surface area (Å²) in [7, 11) is 1.71. The molecule has 0 aliphatic carbocycles. The maximum Gasteiger partial charge on any atom is 0.236 e. The molecule has 1 amide bonds. The zero-order valence-corrected chi connectivity index (χ0v) is 14.7. The molecule has 2 aliphatic rings. The summed E-state index contributed by atoms with van der Waals surface area (Å²) in [5, 5.41) is 0. The van der Waals surface area contributed by atoms with Gasteiger partial charge < -0.3 is 9.64 Å². The van der Waals surface area contributed by atoms with Crippen LogP contribution in [0.5, 0.6) is 5.75 Å². The average molecular weight is 331 g/mol. The van der Waals surface area contributed by atoms with Gasteiger partial charge >= 0.3 is 0 Å². The van der Waals surface area contributed by atoms with E-state index in [1.54, 1.807) is 7.11 Å². The highest BCUT2D eigenvalue weighted by atomic mass is 16.5. The fourth-order valence-corrected chi connectivity index (χ4v) is 3.57. The number of hydrogen-bond acceptors (Lipinski definition) is 4. The van der Waals surface area contributed by atoms with Gasteiger partial charge in [-0.15, -0.1) is 0 Å². The lowest BCUT2D eigenvalue weighted by Crippen LogP contribution is -2.50. The first-order valence-corrected chi connectivity index (χ1v) is 9.10. The van der Waals surface area contributed by atoms with Crippen molar-refractivity contribution in [3.05, 3.63) is 29.8 Å². The number of likely N-dealkylation sites (tertiary alicyclic amines) is 1. The van der Waals surface area contributed by atoms with Crippen molar-refractivity contribution in [3.63, 3.8) is 0 Å². The topological polar surface area (TPSA) is 36.0 Å². The summed E-state index contributed by atoms with van der Waals surface area (Å²) in [6.07, 6.45) is 3.60. The van der Waals surface area contributed by atoms with E-state index < -0.39 is 0 Å². The number of benzene rings is 1. The van der Waals surface area contributed by atoms with E-state index in [0.717, 1.165) is 51.6 Å². The van der Waals surface area contributed by atoms with Gasteiger partial charge in [0.05, 0.1) is 13.7 Å². The van der Waals surface area contributed by atoms with Gasteiger partial charge in [0.2, 0.25) is 5.91 Å². The fraction of sp³-hybridized carbons (Fsp3) is 0.632. The van der Waals surface area contributed by atoms with Crippen LogP contribution in [0.25, 0.3) is 0 Å². The number of hydrogen-bond donors (Lipinski definition) is 0. The van der Waals surface area contributed by atoms with E-state index in [1.807, 2.05) is 17.0 Å². The average Bonchev–Trinajstić information content (AvgIpc) is 2.64.